The normalized spacial score (nSPS) is 12.9. The van der Waals surface area contributed by atoms with Gasteiger partial charge in [-0.3, -0.25) is 0 Å². The van der Waals surface area contributed by atoms with Crippen LogP contribution >= 0.6 is 5.51 Å². The Morgan fingerprint density at radius 1 is 0.618 bits per heavy atom. The third-order valence-corrected chi connectivity index (χ3v) is 12.3. The quantitative estimate of drug-likeness (QED) is 0.200. The monoisotopic (exact) mass is 536 g/mol. The van der Waals surface area contributed by atoms with Crippen LogP contribution in [0.3, 0.4) is 0 Å². The van der Waals surface area contributed by atoms with Crippen molar-refractivity contribution in [3.63, 3.8) is 0 Å². The van der Waals surface area contributed by atoms with E-state index in [2.05, 4.69) is 147 Å². The molecule has 0 aliphatic heterocycles. The van der Waals surface area contributed by atoms with Crippen molar-refractivity contribution in [2.24, 2.45) is 0 Å². The van der Waals surface area contributed by atoms with Gasteiger partial charge < -0.3 is 0 Å². The van der Waals surface area contributed by atoms with Gasteiger partial charge in [-0.2, -0.15) is 0 Å². The predicted molar refractivity (Wildman–Crippen MR) is 156 cm³/mol. The van der Waals surface area contributed by atoms with E-state index in [0.29, 0.717) is 0 Å². The fourth-order valence-electron chi connectivity index (χ4n) is 4.03. The molecule has 180 valence electrons. The minimum atomic E-state index is -1.36. The van der Waals surface area contributed by atoms with E-state index < -0.39 is 5.51 Å². The van der Waals surface area contributed by atoms with Gasteiger partial charge >= 0.3 is 217 Å². The molecular formula is C32H41PSe. The van der Waals surface area contributed by atoms with Crippen molar-refractivity contribution in [1.82, 2.24) is 0 Å². The molecule has 0 bridgehead atoms. The van der Waals surface area contributed by atoms with E-state index >= 15 is 0 Å². The Kier molecular flexibility index (Phi) is 9.03. The molecule has 3 aromatic carbocycles. The van der Waals surface area contributed by atoms with Crippen LogP contribution in [0.4, 0.5) is 0 Å². The second-order valence-electron chi connectivity index (χ2n) is 11.5. The third kappa shape index (κ3) is 8.23. The van der Waals surface area contributed by atoms with E-state index in [1.165, 1.54) is 40.1 Å². The molecule has 0 fully saturated rings. The summed E-state index contributed by atoms with van der Waals surface area (Å²) in [4.78, 5) is 0. The Labute approximate surface area is 216 Å². The molecule has 34 heavy (non-hydrogen) atoms. The van der Waals surface area contributed by atoms with Gasteiger partial charge in [-0.15, -0.1) is 0 Å². The molecule has 0 aliphatic rings. The van der Waals surface area contributed by atoms with E-state index in [1.807, 2.05) is 0 Å². The first-order valence-electron chi connectivity index (χ1n) is 12.5. The Bertz CT molecular complexity index is 1040. The summed E-state index contributed by atoms with van der Waals surface area (Å²) in [5.41, 5.74) is 6.02. The fraction of sp³-hybridized carbons (Fsp3) is 0.375. The summed E-state index contributed by atoms with van der Waals surface area (Å²) in [5, 5.41) is 0. The Balaban J connectivity index is 1.74. The molecule has 0 amide bonds. The topological polar surface area (TPSA) is 0 Å². The zero-order valence-electron chi connectivity index (χ0n) is 21.8. The average molecular weight is 536 g/mol. The van der Waals surface area contributed by atoms with E-state index in [0.717, 1.165) is 12.8 Å². The summed E-state index contributed by atoms with van der Waals surface area (Å²) < 4.78 is 0. The van der Waals surface area contributed by atoms with Crippen molar-refractivity contribution in [2.75, 3.05) is 12.3 Å². The molecule has 0 aliphatic carbocycles. The van der Waals surface area contributed by atoms with Gasteiger partial charge in [-0.1, -0.05) is 0 Å². The molecule has 0 unspecified atom stereocenters. The van der Waals surface area contributed by atoms with Crippen LogP contribution in [0.25, 0.3) is 6.08 Å². The van der Waals surface area contributed by atoms with Crippen LogP contribution < -0.4 is 0 Å². The van der Waals surface area contributed by atoms with Crippen LogP contribution in [0.5, 0.6) is 0 Å². The van der Waals surface area contributed by atoms with Gasteiger partial charge in [0.25, 0.3) is 0 Å². The van der Waals surface area contributed by atoms with Crippen LogP contribution in [0.15, 0.2) is 84.7 Å². The minimum absolute atomic E-state index is 0.203. The molecule has 0 spiro atoms. The SMILES string of the molecule is CC(C)(C)c1ccc(CCP(=[Se])(/C=C/c2ccccc2)CCc2ccc(C(C)(C)C)cc2)cc1. The van der Waals surface area contributed by atoms with E-state index in [9.17, 15) is 0 Å². The van der Waals surface area contributed by atoms with Gasteiger partial charge in [0.2, 0.25) is 0 Å². The van der Waals surface area contributed by atoms with Crippen molar-refractivity contribution in [2.45, 2.75) is 65.2 Å². The average Bonchev–Trinajstić information content (AvgIpc) is 2.80. The summed E-state index contributed by atoms with van der Waals surface area (Å²) >= 11 is 3.70. The molecular weight excluding hydrogens is 494 g/mol. The van der Waals surface area contributed by atoms with Crippen molar-refractivity contribution in [1.29, 1.82) is 0 Å². The summed E-state index contributed by atoms with van der Waals surface area (Å²) in [6.45, 7) is 13.7. The number of rotatable bonds is 8. The number of benzene rings is 3. The Morgan fingerprint density at radius 2 is 1.03 bits per heavy atom. The number of aryl methyl sites for hydroxylation is 2. The Hall–Kier alpha value is -1.65. The molecule has 0 radical (unpaired) electrons. The molecule has 0 saturated heterocycles. The van der Waals surface area contributed by atoms with Crippen LogP contribution in [0.2, 0.25) is 0 Å². The zero-order chi connectivity index (χ0) is 24.8. The molecule has 0 atom stereocenters. The van der Waals surface area contributed by atoms with Crippen LogP contribution in [-0.4, -0.2) is 27.4 Å². The maximum absolute atomic E-state index is 3.70. The van der Waals surface area contributed by atoms with Crippen molar-refractivity contribution >= 4 is 26.7 Å². The first-order valence-corrected chi connectivity index (χ1v) is 16.9. The van der Waals surface area contributed by atoms with E-state index in [4.69, 9.17) is 0 Å². The van der Waals surface area contributed by atoms with Gasteiger partial charge in [0.1, 0.15) is 0 Å². The molecule has 2 heteroatoms. The zero-order valence-corrected chi connectivity index (χ0v) is 24.5. The first kappa shape index (κ1) is 26.9. The second-order valence-corrected chi connectivity index (χ2v) is 19.2. The number of hydrogen-bond acceptors (Lipinski definition) is 0. The summed E-state index contributed by atoms with van der Waals surface area (Å²) in [6.07, 6.45) is 6.97. The van der Waals surface area contributed by atoms with Gasteiger partial charge in [0.15, 0.2) is 0 Å². The van der Waals surface area contributed by atoms with Gasteiger partial charge in [0, 0.05) is 0 Å². The Morgan fingerprint density at radius 3 is 1.41 bits per heavy atom. The van der Waals surface area contributed by atoms with Crippen molar-refractivity contribution in [3.05, 3.63) is 112 Å². The third-order valence-electron chi connectivity index (χ3n) is 6.54. The molecule has 0 N–H and O–H groups in total. The standard InChI is InChI=1S/C32H41PSe/c1-31(2,3)29-16-12-27(13-17-29)21-24-33(34,23-20-26-10-8-7-9-11-26)25-22-28-14-18-30(19-15-28)32(4,5)6/h7-20,23H,21-22,24-25H2,1-6H3/b23-20+. The van der Waals surface area contributed by atoms with E-state index in [1.54, 1.807) is 0 Å². The number of hydrogen-bond donors (Lipinski definition) is 0. The summed E-state index contributed by atoms with van der Waals surface area (Å²) in [7, 11) is 0. The van der Waals surface area contributed by atoms with Gasteiger partial charge in [-0.05, 0) is 0 Å². The second kappa shape index (κ2) is 11.4. The molecule has 3 rings (SSSR count). The summed E-state index contributed by atoms with van der Waals surface area (Å²) in [5.74, 6) is 2.51. The van der Waals surface area contributed by atoms with Gasteiger partial charge in [-0.25, -0.2) is 0 Å². The predicted octanol–water partition coefficient (Wildman–Crippen LogP) is 8.84. The van der Waals surface area contributed by atoms with Crippen LogP contribution in [-0.2, 0) is 23.7 Å². The van der Waals surface area contributed by atoms with Crippen molar-refractivity contribution in [3.8, 4) is 0 Å². The first-order chi connectivity index (χ1) is 15.9. The van der Waals surface area contributed by atoms with Gasteiger partial charge in [0.05, 0.1) is 0 Å². The molecule has 0 aromatic heterocycles. The molecule has 0 nitrogen and oxygen atoms in total. The fourth-order valence-corrected chi connectivity index (χ4v) is 7.80. The van der Waals surface area contributed by atoms with Crippen LogP contribution in [0.1, 0.15) is 69.4 Å². The van der Waals surface area contributed by atoms with Crippen LogP contribution in [0, 0.1) is 0 Å². The molecule has 0 saturated carbocycles. The molecule has 3 aromatic rings. The molecule has 0 heterocycles. The maximum atomic E-state index is 3.70. The van der Waals surface area contributed by atoms with Crippen molar-refractivity contribution < 1.29 is 0 Å². The summed E-state index contributed by atoms with van der Waals surface area (Å²) in [6, 6.07) is 29.3. The van der Waals surface area contributed by atoms with E-state index in [-0.39, 0.29) is 10.8 Å².